The van der Waals surface area contributed by atoms with Crippen LogP contribution < -0.4 is 60.9 Å². The molecule has 4 aromatic heterocycles. The van der Waals surface area contributed by atoms with Crippen LogP contribution in [0.1, 0.15) is 41.5 Å². The first-order valence-corrected chi connectivity index (χ1v) is 19.6. The predicted octanol–water partition coefficient (Wildman–Crippen LogP) is -3.47. The molecule has 0 aliphatic heterocycles. The Morgan fingerprint density at radius 1 is 0.443 bits per heavy atom. The maximum absolute atomic E-state index is 4.76. The van der Waals surface area contributed by atoms with Crippen molar-refractivity contribution in [2.45, 2.75) is 80.8 Å². The van der Waals surface area contributed by atoms with Gasteiger partial charge in [-0.1, -0.05) is 107 Å². The minimum atomic E-state index is 0. The van der Waals surface area contributed by atoms with Gasteiger partial charge in [-0.05, 0) is 63.9 Å². The maximum Gasteiger partial charge on any atom is 2.00 e. The number of fused-ring (bicyclic) bond motifs is 2. The van der Waals surface area contributed by atoms with E-state index >= 15 is 0 Å². The van der Waals surface area contributed by atoms with Gasteiger partial charge in [0.2, 0.25) is 0 Å². The summed E-state index contributed by atoms with van der Waals surface area (Å²) in [4.78, 5) is 9.27. The number of benzene rings is 4. The van der Waals surface area contributed by atoms with Crippen LogP contribution in [0, 0.1) is 0 Å². The fourth-order valence-corrected chi connectivity index (χ4v) is 7.26. The molecule has 0 N–H and O–H groups in total. The molecule has 0 amide bonds. The van der Waals surface area contributed by atoms with Crippen molar-refractivity contribution < 1.29 is 78.7 Å². The quantitative estimate of drug-likeness (QED) is 0.0809. The zero-order chi connectivity index (χ0) is 39.0. The minimum Gasteiger partial charge on any atom is -1.00 e. The third kappa shape index (κ3) is 10.6. The zero-order valence-corrected chi connectivity index (χ0v) is 41.4. The van der Waals surface area contributed by atoms with E-state index in [-0.39, 0.29) is 69.1 Å². The van der Waals surface area contributed by atoms with Crippen LogP contribution in [-0.4, -0.2) is 47.4 Å². The van der Waals surface area contributed by atoms with Crippen LogP contribution in [0.3, 0.4) is 0 Å². The molecule has 0 atom stereocenters. The van der Waals surface area contributed by atoms with Crippen molar-refractivity contribution in [2.75, 3.05) is 0 Å². The molecule has 8 rings (SSSR count). The molecule has 0 saturated carbocycles. The Balaban J connectivity index is 0.000000388. The largest absolute Gasteiger partial charge is 2.00 e. The van der Waals surface area contributed by atoms with Gasteiger partial charge in [0, 0.05) is 35.0 Å². The Kier molecular flexibility index (Phi) is 20.9. The summed E-state index contributed by atoms with van der Waals surface area (Å²) in [7, 11) is 0. The summed E-state index contributed by atoms with van der Waals surface area (Å²) in [5, 5.41) is 20.5. The molecule has 0 aliphatic carbocycles. The summed E-state index contributed by atoms with van der Waals surface area (Å²) in [6, 6.07) is 37.6. The average molecular weight is 954 g/mol. The summed E-state index contributed by atoms with van der Waals surface area (Å²) in [5.74, 6) is 0. The second-order valence-electron chi connectivity index (χ2n) is 13.1. The normalized spacial score (nSPS) is 10.1. The number of hydrogen-bond acceptors (Lipinski definition) is 4. The summed E-state index contributed by atoms with van der Waals surface area (Å²) >= 11 is 0. The van der Waals surface area contributed by atoms with Crippen molar-refractivity contribution in [3.8, 4) is 22.5 Å². The third-order valence-electron chi connectivity index (χ3n) is 10.0. The van der Waals surface area contributed by atoms with Gasteiger partial charge in [0.25, 0.3) is 0 Å². The van der Waals surface area contributed by atoms with E-state index in [0.717, 1.165) is 95.2 Å². The zero-order valence-electron chi connectivity index (χ0n) is 35.4. The van der Waals surface area contributed by atoms with Crippen LogP contribution in [0.25, 0.3) is 44.3 Å². The molecule has 0 spiro atoms. The van der Waals surface area contributed by atoms with E-state index in [4.69, 9.17) is 10.2 Å². The molecule has 12 nitrogen and oxygen atoms in total. The Labute approximate surface area is 393 Å². The van der Waals surface area contributed by atoms with Gasteiger partial charge >= 0.3 is 30.7 Å². The van der Waals surface area contributed by atoms with Gasteiger partial charge in [0.15, 0.2) is 12.7 Å². The fourth-order valence-electron chi connectivity index (χ4n) is 7.26. The Bertz CT molecular complexity index is 2580. The molecule has 0 aliphatic rings. The third-order valence-corrected chi connectivity index (χ3v) is 10.0. The SMILES string of the molecule is CCn1cnn(CC)c1=[N+]=Nc1c(-c2ccccc2)n(CC)c2ccccc12.CCn1cnn(CC)c1=[N+]=Nc1c(-c2ccccc2)n(CC)c2ccccc12.[Cl-].[Cl-].[Cl-].[Cl-].[Zn+2]. The van der Waals surface area contributed by atoms with Crippen LogP contribution in [0.4, 0.5) is 11.4 Å². The Morgan fingerprint density at radius 2 is 0.787 bits per heavy atom. The Hall–Kier alpha value is -4.96. The van der Waals surface area contributed by atoms with Crippen molar-refractivity contribution in [1.29, 1.82) is 0 Å². The number of hydrogen-bond donors (Lipinski definition) is 0. The van der Waals surface area contributed by atoms with E-state index in [2.05, 4.69) is 168 Å². The second kappa shape index (κ2) is 24.5. The first kappa shape index (κ1) is 52.2. The number of halogens is 4. The van der Waals surface area contributed by atoms with Gasteiger partial charge in [-0.25, -0.2) is 9.13 Å². The molecular formula is C44H50Cl4N12Zn. The van der Waals surface area contributed by atoms with E-state index < -0.39 is 0 Å². The summed E-state index contributed by atoms with van der Waals surface area (Å²) in [5.41, 5.74) is 10.1. The number of aryl methyl sites for hydroxylation is 6. The smallest absolute Gasteiger partial charge is 1.00 e. The summed E-state index contributed by atoms with van der Waals surface area (Å²) in [6.07, 6.45) is 3.62. The van der Waals surface area contributed by atoms with Crippen LogP contribution in [0.15, 0.2) is 132 Å². The number of rotatable bonds is 10. The first-order valence-electron chi connectivity index (χ1n) is 19.6. The average Bonchev–Trinajstić information content (AvgIpc) is 4.02. The van der Waals surface area contributed by atoms with Gasteiger partial charge in [-0.2, -0.15) is 0 Å². The number of aromatic nitrogens is 8. The molecule has 0 bridgehead atoms. The van der Waals surface area contributed by atoms with E-state index in [9.17, 15) is 0 Å². The second-order valence-corrected chi connectivity index (χ2v) is 13.1. The topological polar surface area (TPSA) is 108 Å². The molecule has 4 heterocycles. The number of para-hydroxylation sites is 2. The van der Waals surface area contributed by atoms with Crippen LogP contribution in [0.2, 0.25) is 0 Å². The van der Waals surface area contributed by atoms with Crippen molar-refractivity contribution in [2.24, 2.45) is 10.2 Å². The predicted molar refractivity (Wildman–Crippen MR) is 220 cm³/mol. The van der Waals surface area contributed by atoms with E-state index in [1.165, 1.54) is 11.0 Å². The van der Waals surface area contributed by atoms with Gasteiger partial charge in [-0.15, -0.1) is 18.9 Å². The summed E-state index contributed by atoms with van der Waals surface area (Å²) < 4.78 is 12.4. The minimum absolute atomic E-state index is 0. The van der Waals surface area contributed by atoms with Gasteiger partial charge < -0.3 is 58.8 Å². The molecule has 0 fully saturated rings. The summed E-state index contributed by atoms with van der Waals surface area (Å²) in [6.45, 7) is 17.4. The molecular weight excluding hydrogens is 904 g/mol. The van der Waals surface area contributed by atoms with Crippen LogP contribution in [-0.2, 0) is 58.7 Å². The van der Waals surface area contributed by atoms with Gasteiger partial charge in [0.1, 0.15) is 11.4 Å². The monoisotopic (exact) mass is 950 g/mol. The molecule has 316 valence electrons. The van der Waals surface area contributed by atoms with Crippen molar-refractivity contribution in [3.05, 3.63) is 133 Å². The van der Waals surface area contributed by atoms with E-state index in [1.807, 2.05) is 43.3 Å². The molecule has 17 heteroatoms. The molecule has 61 heavy (non-hydrogen) atoms. The van der Waals surface area contributed by atoms with Crippen LogP contribution in [0.5, 0.6) is 0 Å². The molecule has 8 aromatic rings. The first-order chi connectivity index (χ1) is 27.6. The van der Waals surface area contributed by atoms with Crippen molar-refractivity contribution in [1.82, 2.24) is 37.8 Å². The van der Waals surface area contributed by atoms with Gasteiger partial charge in [-0.3, -0.25) is 0 Å². The molecule has 4 aromatic carbocycles. The van der Waals surface area contributed by atoms with Crippen molar-refractivity contribution >= 4 is 33.2 Å². The molecule has 0 radical (unpaired) electrons. The maximum atomic E-state index is 4.76. The van der Waals surface area contributed by atoms with Crippen molar-refractivity contribution in [3.63, 3.8) is 0 Å². The van der Waals surface area contributed by atoms with E-state index in [1.54, 1.807) is 0 Å². The standard InChI is InChI=1S/2C22H25N6.4ClH.Zn/c2*1-4-26-16-23-28(6-3)22(26)25-24-20-18-14-10-11-15-19(18)27(5-2)21(20)17-12-8-7-9-13-17;;;;;/h2*7-16H,4-6H2,1-3H3;4*1H;/q2*+1;;;;;+2/p-4. The number of nitrogens with zero attached hydrogens (tertiary/aromatic N) is 12. The fraction of sp³-hybridized carbons (Fsp3) is 0.273. The molecule has 0 unspecified atom stereocenters. The van der Waals surface area contributed by atoms with Crippen LogP contribution >= 0.6 is 0 Å². The Morgan fingerprint density at radius 3 is 1.11 bits per heavy atom. The van der Waals surface area contributed by atoms with E-state index in [0.29, 0.717) is 0 Å². The van der Waals surface area contributed by atoms with Gasteiger partial charge in [0.05, 0.1) is 48.6 Å². The molecule has 0 saturated heterocycles.